The van der Waals surface area contributed by atoms with Crippen LogP contribution >= 0.6 is 0 Å². The maximum atomic E-state index is 13.8. The van der Waals surface area contributed by atoms with Gasteiger partial charge in [0.1, 0.15) is 12.3 Å². The van der Waals surface area contributed by atoms with Gasteiger partial charge in [0.25, 0.3) is 10.0 Å². The highest BCUT2D eigenvalue weighted by Crippen LogP contribution is 2.42. The van der Waals surface area contributed by atoms with Crippen molar-refractivity contribution >= 4 is 20.9 Å². The lowest BCUT2D eigenvalue weighted by Gasteiger charge is -2.15. The van der Waals surface area contributed by atoms with Crippen LogP contribution in [0.15, 0.2) is 83.8 Å². The number of aromatic nitrogens is 1. The lowest BCUT2D eigenvalue weighted by molar-refractivity contribution is 0.264. The molecule has 160 valence electrons. The number of fused-ring (bicyclic) bond motifs is 1. The molecule has 0 fully saturated rings. The van der Waals surface area contributed by atoms with Crippen molar-refractivity contribution in [2.75, 3.05) is 27.2 Å². The molecule has 3 aromatic carbocycles. The van der Waals surface area contributed by atoms with Gasteiger partial charge in [-0.2, -0.15) is 0 Å². The average molecular weight is 435 g/mol. The normalized spacial score (nSPS) is 11.9. The maximum absolute atomic E-state index is 13.8. The molecule has 0 aliphatic rings. The molecule has 5 nitrogen and oxygen atoms in total. The van der Waals surface area contributed by atoms with Gasteiger partial charge in [0, 0.05) is 17.5 Å². The number of rotatable bonds is 7. The molecule has 0 saturated carbocycles. The predicted octanol–water partition coefficient (Wildman–Crippen LogP) is 4.79. The summed E-state index contributed by atoms with van der Waals surface area (Å²) in [6.07, 6.45) is 0. The number of hydrogen-bond donors (Lipinski definition) is 0. The number of likely N-dealkylation sites (N-methyl/N-ethyl adjacent to an activating group) is 1. The summed E-state index contributed by atoms with van der Waals surface area (Å²) >= 11 is 0. The van der Waals surface area contributed by atoms with Crippen molar-refractivity contribution in [1.82, 2.24) is 8.87 Å². The van der Waals surface area contributed by atoms with E-state index < -0.39 is 10.0 Å². The molecule has 0 saturated heterocycles. The number of ether oxygens (including phenoxy) is 1. The highest BCUT2D eigenvalue weighted by molar-refractivity contribution is 7.90. The van der Waals surface area contributed by atoms with Gasteiger partial charge in [-0.25, -0.2) is 12.4 Å². The standard InChI is InChI=1S/C25H26N2O3S/c1-19-13-15-21(16-14-19)31(28,29)27-23-12-8-7-11-22(23)25(30-18-17-26(2)3)24(27)20-9-5-4-6-10-20/h4-16H,17-18H2,1-3H3. The Morgan fingerprint density at radius 3 is 2.19 bits per heavy atom. The van der Waals surface area contributed by atoms with Crippen LogP contribution < -0.4 is 4.74 Å². The van der Waals surface area contributed by atoms with Crippen LogP contribution in [0.1, 0.15) is 5.56 Å². The lowest BCUT2D eigenvalue weighted by atomic mass is 10.1. The monoisotopic (exact) mass is 434 g/mol. The third-order valence-corrected chi connectivity index (χ3v) is 6.90. The molecule has 0 aliphatic carbocycles. The van der Waals surface area contributed by atoms with E-state index in [-0.39, 0.29) is 4.90 Å². The van der Waals surface area contributed by atoms with Gasteiger partial charge in [0.05, 0.1) is 10.4 Å². The van der Waals surface area contributed by atoms with Crippen molar-refractivity contribution in [3.05, 3.63) is 84.4 Å². The molecule has 0 bridgehead atoms. The van der Waals surface area contributed by atoms with Gasteiger partial charge in [-0.05, 0) is 45.3 Å². The van der Waals surface area contributed by atoms with Crippen LogP contribution in [0, 0.1) is 6.92 Å². The molecule has 0 aliphatic heterocycles. The highest BCUT2D eigenvalue weighted by Gasteiger charge is 2.28. The predicted molar refractivity (Wildman–Crippen MR) is 125 cm³/mol. The van der Waals surface area contributed by atoms with Gasteiger partial charge < -0.3 is 9.64 Å². The van der Waals surface area contributed by atoms with Gasteiger partial charge in [0.15, 0.2) is 5.75 Å². The topological polar surface area (TPSA) is 51.5 Å². The Hall–Kier alpha value is -3.09. The smallest absolute Gasteiger partial charge is 0.268 e. The lowest BCUT2D eigenvalue weighted by Crippen LogP contribution is -2.19. The fourth-order valence-electron chi connectivity index (χ4n) is 3.57. The Kier molecular flexibility index (Phi) is 5.85. The first-order valence-corrected chi connectivity index (χ1v) is 11.6. The van der Waals surface area contributed by atoms with E-state index in [0.717, 1.165) is 23.1 Å². The zero-order valence-electron chi connectivity index (χ0n) is 17.9. The largest absolute Gasteiger partial charge is 0.489 e. The number of benzene rings is 3. The molecule has 1 aromatic heterocycles. The molecule has 0 atom stereocenters. The van der Waals surface area contributed by atoms with Crippen molar-refractivity contribution in [3.8, 4) is 17.0 Å². The zero-order valence-corrected chi connectivity index (χ0v) is 18.8. The van der Waals surface area contributed by atoms with E-state index in [4.69, 9.17) is 4.74 Å². The molecule has 0 amide bonds. The summed E-state index contributed by atoms with van der Waals surface area (Å²) < 4.78 is 35.3. The van der Waals surface area contributed by atoms with E-state index in [2.05, 4.69) is 0 Å². The fourth-order valence-corrected chi connectivity index (χ4v) is 5.11. The zero-order chi connectivity index (χ0) is 22.0. The molecule has 0 N–H and O–H groups in total. The van der Waals surface area contributed by atoms with Crippen LogP contribution in [-0.2, 0) is 10.0 Å². The van der Waals surface area contributed by atoms with E-state index in [1.54, 1.807) is 12.1 Å². The second-order valence-electron chi connectivity index (χ2n) is 7.80. The molecular weight excluding hydrogens is 408 g/mol. The Labute approximate surface area is 183 Å². The maximum Gasteiger partial charge on any atom is 0.268 e. The third kappa shape index (κ3) is 4.09. The highest BCUT2D eigenvalue weighted by atomic mass is 32.2. The molecule has 4 rings (SSSR count). The number of para-hydroxylation sites is 1. The molecule has 0 spiro atoms. The Morgan fingerprint density at radius 2 is 1.52 bits per heavy atom. The third-order valence-electron chi connectivity index (χ3n) is 5.18. The summed E-state index contributed by atoms with van der Waals surface area (Å²) in [4.78, 5) is 2.28. The molecule has 0 unspecified atom stereocenters. The minimum Gasteiger partial charge on any atom is -0.489 e. The van der Waals surface area contributed by atoms with Gasteiger partial charge in [-0.15, -0.1) is 0 Å². The first-order valence-electron chi connectivity index (χ1n) is 10.2. The summed E-state index contributed by atoms with van der Waals surface area (Å²) in [6, 6.07) is 24.0. The van der Waals surface area contributed by atoms with Crippen molar-refractivity contribution in [2.24, 2.45) is 0 Å². The van der Waals surface area contributed by atoms with E-state index >= 15 is 0 Å². The molecule has 4 aromatic rings. The van der Waals surface area contributed by atoms with Crippen LogP contribution in [0.3, 0.4) is 0 Å². The average Bonchev–Trinajstić information content (AvgIpc) is 3.10. The SMILES string of the molecule is Cc1ccc(S(=O)(=O)n2c(-c3ccccc3)c(OCCN(C)C)c3ccccc32)cc1. The van der Waals surface area contributed by atoms with Gasteiger partial charge >= 0.3 is 0 Å². The Bertz CT molecular complexity index is 1290. The Balaban J connectivity index is 2.01. The number of hydrogen-bond acceptors (Lipinski definition) is 4. The van der Waals surface area contributed by atoms with Gasteiger partial charge in [0.2, 0.25) is 0 Å². The minimum atomic E-state index is -3.86. The quantitative estimate of drug-likeness (QED) is 0.420. The van der Waals surface area contributed by atoms with Crippen molar-refractivity contribution < 1.29 is 13.2 Å². The molecule has 0 radical (unpaired) electrons. The minimum absolute atomic E-state index is 0.246. The number of nitrogens with zero attached hydrogens (tertiary/aromatic N) is 2. The van der Waals surface area contributed by atoms with E-state index in [0.29, 0.717) is 23.6 Å². The van der Waals surface area contributed by atoms with E-state index in [1.165, 1.54) is 3.97 Å². The summed E-state index contributed by atoms with van der Waals surface area (Å²) in [5, 5.41) is 0.774. The van der Waals surface area contributed by atoms with Crippen molar-refractivity contribution in [2.45, 2.75) is 11.8 Å². The van der Waals surface area contributed by atoms with Crippen LogP contribution in [0.2, 0.25) is 0 Å². The molecule has 1 heterocycles. The number of aryl methyl sites for hydroxylation is 1. The Morgan fingerprint density at radius 1 is 0.871 bits per heavy atom. The van der Waals surface area contributed by atoms with Crippen LogP contribution in [0.25, 0.3) is 22.2 Å². The second-order valence-corrected chi connectivity index (χ2v) is 9.58. The summed E-state index contributed by atoms with van der Waals surface area (Å²) in [5.41, 5.74) is 2.93. The van der Waals surface area contributed by atoms with Gasteiger partial charge in [-0.1, -0.05) is 60.2 Å². The van der Waals surface area contributed by atoms with Gasteiger partial charge in [-0.3, -0.25) is 0 Å². The van der Waals surface area contributed by atoms with E-state index in [1.807, 2.05) is 92.6 Å². The van der Waals surface area contributed by atoms with Crippen LogP contribution in [0.4, 0.5) is 0 Å². The van der Waals surface area contributed by atoms with Crippen LogP contribution in [0.5, 0.6) is 5.75 Å². The van der Waals surface area contributed by atoms with E-state index in [9.17, 15) is 8.42 Å². The first kappa shape index (κ1) is 21.2. The van der Waals surface area contributed by atoms with Crippen molar-refractivity contribution in [1.29, 1.82) is 0 Å². The molecule has 31 heavy (non-hydrogen) atoms. The fraction of sp³-hybridized carbons (Fsp3) is 0.200. The second kappa shape index (κ2) is 8.57. The molecular formula is C25H26N2O3S. The van der Waals surface area contributed by atoms with Crippen LogP contribution in [-0.4, -0.2) is 44.5 Å². The summed E-state index contributed by atoms with van der Waals surface area (Å²) in [6.45, 7) is 3.11. The van der Waals surface area contributed by atoms with Crippen molar-refractivity contribution in [3.63, 3.8) is 0 Å². The first-order chi connectivity index (χ1) is 14.9. The summed E-state index contributed by atoms with van der Waals surface area (Å²) in [7, 11) is 0.102. The summed E-state index contributed by atoms with van der Waals surface area (Å²) in [5.74, 6) is 0.583. The molecule has 6 heteroatoms.